The summed E-state index contributed by atoms with van der Waals surface area (Å²) in [5, 5.41) is 4.88. The van der Waals surface area contributed by atoms with Gasteiger partial charge in [-0.05, 0) is 30.3 Å². The highest BCUT2D eigenvalue weighted by molar-refractivity contribution is 7.20. The topological polar surface area (TPSA) is 42.0 Å². The van der Waals surface area contributed by atoms with Gasteiger partial charge in [0.25, 0.3) is 5.91 Å². The van der Waals surface area contributed by atoms with Crippen molar-refractivity contribution in [3.05, 3.63) is 55.8 Å². The maximum absolute atomic E-state index is 12.8. The van der Waals surface area contributed by atoms with Crippen molar-refractivity contribution in [3.63, 3.8) is 0 Å². The first-order valence-electron chi connectivity index (χ1n) is 6.00. The van der Waals surface area contributed by atoms with Crippen LogP contribution in [0.2, 0.25) is 8.67 Å². The Morgan fingerprint density at radius 3 is 2.59 bits per heavy atom. The van der Waals surface area contributed by atoms with E-state index in [-0.39, 0.29) is 5.91 Å². The maximum atomic E-state index is 12.8. The lowest BCUT2D eigenvalue weighted by Gasteiger charge is -2.01. The zero-order valence-electron chi connectivity index (χ0n) is 10.8. The van der Waals surface area contributed by atoms with Crippen molar-refractivity contribution < 1.29 is 9.18 Å². The summed E-state index contributed by atoms with van der Waals surface area (Å²) in [5.41, 5.74) is 1.73. The van der Waals surface area contributed by atoms with Crippen molar-refractivity contribution in [2.24, 2.45) is 0 Å². The van der Waals surface area contributed by atoms with E-state index in [1.54, 1.807) is 11.4 Å². The van der Waals surface area contributed by atoms with Crippen molar-refractivity contribution in [1.29, 1.82) is 0 Å². The van der Waals surface area contributed by atoms with Gasteiger partial charge in [0.05, 0.1) is 10.0 Å². The van der Waals surface area contributed by atoms with Crippen LogP contribution in [0.5, 0.6) is 0 Å². The molecule has 0 fully saturated rings. The third-order valence-corrected chi connectivity index (χ3v) is 5.01. The second-order valence-corrected chi connectivity index (χ2v) is 7.38. The number of carbonyl (C=O) groups is 1. The molecule has 0 spiro atoms. The number of nitrogens with one attached hydrogen (secondary N) is 1. The van der Waals surface area contributed by atoms with Crippen LogP contribution < -0.4 is 5.32 Å². The fourth-order valence-electron chi connectivity index (χ4n) is 1.74. The second-order valence-electron chi connectivity index (χ2n) is 4.24. The molecule has 0 aliphatic heterocycles. The third kappa shape index (κ3) is 3.30. The van der Waals surface area contributed by atoms with E-state index in [0.29, 0.717) is 25.1 Å². The van der Waals surface area contributed by atoms with E-state index in [9.17, 15) is 9.18 Å². The fraction of sp³-hybridized carbons (Fsp3) is 0. The normalized spacial score (nSPS) is 10.7. The van der Waals surface area contributed by atoms with Crippen molar-refractivity contribution in [2.75, 3.05) is 5.32 Å². The molecule has 3 nitrogen and oxygen atoms in total. The number of thiophene rings is 1. The zero-order chi connectivity index (χ0) is 15.7. The van der Waals surface area contributed by atoms with Gasteiger partial charge in [0.1, 0.15) is 10.2 Å². The highest BCUT2D eigenvalue weighted by Crippen LogP contribution is 2.39. The fourth-order valence-corrected chi connectivity index (χ4v) is 3.93. The van der Waals surface area contributed by atoms with Gasteiger partial charge in [0, 0.05) is 16.5 Å². The lowest BCUT2D eigenvalue weighted by molar-refractivity contribution is 0.102. The first-order chi connectivity index (χ1) is 10.5. The van der Waals surface area contributed by atoms with Crippen molar-refractivity contribution in [3.8, 4) is 11.3 Å². The molecule has 0 atom stereocenters. The van der Waals surface area contributed by atoms with Gasteiger partial charge in [0.15, 0.2) is 5.13 Å². The molecule has 1 amide bonds. The van der Waals surface area contributed by atoms with E-state index < -0.39 is 5.82 Å². The molecule has 2 heterocycles. The number of thiazole rings is 1. The molecule has 1 aromatic carbocycles. The van der Waals surface area contributed by atoms with E-state index >= 15 is 0 Å². The Morgan fingerprint density at radius 1 is 1.23 bits per heavy atom. The first kappa shape index (κ1) is 15.4. The van der Waals surface area contributed by atoms with Gasteiger partial charge in [-0.25, -0.2) is 9.37 Å². The smallest absolute Gasteiger partial charge is 0.257 e. The Kier molecular flexibility index (Phi) is 4.44. The summed E-state index contributed by atoms with van der Waals surface area (Å²) in [5.74, 6) is -0.743. The number of hydrogen-bond donors (Lipinski definition) is 1. The molecule has 0 radical (unpaired) electrons. The Bertz CT molecular complexity index is 830. The highest BCUT2D eigenvalue weighted by atomic mass is 35.5. The zero-order valence-corrected chi connectivity index (χ0v) is 13.9. The molecule has 3 rings (SSSR count). The monoisotopic (exact) mass is 372 g/mol. The van der Waals surface area contributed by atoms with Gasteiger partial charge in [0.2, 0.25) is 0 Å². The Labute approximate surface area is 143 Å². The summed E-state index contributed by atoms with van der Waals surface area (Å²) in [6, 6.07) is 7.02. The number of aromatic nitrogens is 1. The summed E-state index contributed by atoms with van der Waals surface area (Å²) in [6.07, 6.45) is 0. The SMILES string of the molecule is O=C(Nc1nc(-c2cc(Cl)sc2Cl)cs1)c1ccc(F)cc1. The standard InChI is InChI=1S/C14H7Cl2FN2OS2/c15-11-5-9(12(16)22-11)10-6-21-14(18-10)19-13(20)7-1-3-8(17)4-2-7/h1-6H,(H,18,19,20). The van der Waals surface area contributed by atoms with Crippen molar-refractivity contribution in [2.45, 2.75) is 0 Å². The quantitative estimate of drug-likeness (QED) is 0.652. The van der Waals surface area contributed by atoms with Gasteiger partial charge in [-0.2, -0.15) is 0 Å². The minimum Gasteiger partial charge on any atom is -0.298 e. The molecule has 0 aliphatic rings. The Hall–Kier alpha value is -1.47. The van der Waals surface area contributed by atoms with Crippen LogP contribution in [0.4, 0.5) is 9.52 Å². The van der Waals surface area contributed by atoms with Crippen LogP contribution in [0.25, 0.3) is 11.3 Å². The summed E-state index contributed by atoms with van der Waals surface area (Å²) < 4.78 is 14.0. The lowest BCUT2D eigenvalue weighted by atomic mass is 10.2. The van der Waals surface area contributed by atoms with E-state index in [2.05, 4.69) is 10.3 Å². The van der Waals surface area contributed by atoms with E-state index in [1.807, 2.05) is 0 Å². The second kappa shape index (κ2) is 6.34. The molecule has 112 valence electrons. The molecular weight excluding hydrogens is 366 g/mol. The van der Waals surface area contributed by atoms with Gasteiger partial charge in [-0.1, -0.05) is 23.2 Å². The minimum absolute atomic E-state index is 0.352. The molecule has 3 aromatic rings. The number of nitrogens with zero attached hydrogens (tertiary/aromatic N) is 1. The minimum atomic E-state index is -0.392. The van der Waals surface area contributed by atoms with Gasteiger partial charge in [-0.15, -0.1) is 22.7 Å². The van der Waals surface area contributed by atoms with Crippen LogP contribution in [0.1, 0.15) is 10.4 Å². The van der Waals surface area contributed by atoms with Crippen LogP contribution in [0.15, 0.2) is 35.7 Å². The van der Waals surface area contributed by atoms with Gasteiger partial charge >= 0.3 is 0 Å². The first-order valence-corrected chi connectivity index (χ1v) is 8.46. The predicted octanol–water partition coefficient (Wildman–Crippen LogP) is 5.57. The average Bonchev–Trinajstić information content (AvgIpc) is 3.06. The largest absolute Gasteiger partial charge is 0.298 e. The summed E-state index contributed by atoms with van der Waals surface area (Å²) in [7, 11) is 0. The lowest BCUT2D eigenvalue weighted by Crippen LogP contribution is -2.11. The number of hydrogen-bond acceptors (Lipinski definition) is 4. The molecule has 0 bridgehead atoms. The Morgan fingerprint density at radius 2 is 1.95 bits per heavy atom. The van der Waals surface area contributed by atoms with Crippen LogP contribution in [-0.4, -0.2) is 10.9 Å². The average molecular weight is 373 g/mol. The van der Waals surface area contributed by atoms with E-state index in [1.165, 1.54) is 46.9 Å². The molecule has 1 N–H and O–H groups in total. The Balaban J connectivity index is 1.78. The van der Waals surface area contributed by atoms with Crippen molar-refractivity contribution in [1.82, 2.24) is 4.98 Å². The summed E-state index contributed by atoms with van der Waals surface area (Å²) >= 11 is 14.5. The number of halogens is 3. The molecule has 22 heavy (non-hydrogen) atoms. The number of carbonyl (C=O) groups excluding carboxylic acids is 1. The molecule has 0 saturated heterocycles. The molecule has 2 aromatic heterocycles. The van der Waals surface area contributed by atoms with Crippen LogP contribution >= 0.6 is 45.9 Å². The summed E-state index contributed by atoms with van der Waals surface area (Å²) in [4.78, 5) is 16.3. The van der Waals surface area contributed by atoms with Crippen molar-refractivity contribution >= 4 is 56.9 Å². The number of benzene rings is 1. The number of amides is 1. The van der Waals surface area contributed by atoms with Crippen LogP contribution in [0, 0.1) is 5.82 Å². The predicted molar refractivity (Wildman–Crippen MR) is 89.8 cm³/mol. The van der Waals surface area contributed by atoms with Crippen LogP contribution in [-0.2, 0) is 0 Å². The third-order valence-electron chi connectivity index (χ3n) is 2.76. The molecule has 0 unspecified atom stereocenters. The molecular formula is C14H7Cl2FN2OS2. The maximum Gasteiger partial charge on any atom is 0.257 e. The summed E-state index contributed by atoms with van der Waals surface area (Å²) in [6.45, 7) is 0. The molecule has 0 aliphatic carbocycles. The molecule has 8 heteroatoms. The molecule has 0 saturated carbocycles. The highest BCUT2D eigenvalue weighted by Gasteiger charge is 2.14. The van der Waals surface area contributed by atoms with E-state index in [0.717, 1.165) is 5.56 Å². The van der Waals surface area contributed by atoms with Crippen LogP contribution in [0.3, 0.4) is 0 Å². The van der Waals surface area contributed by atoms with E-state index in [4.69, 9.17) is 23.2 Å². The number of rotatable bonds is 3. The van der Waals surface area contributed by atoms with Gasteiger partial charge in [-0.3, -0.25) is 10.1 Å². The number of anilines is 1. The van der Waals surface area contributed by atoms with Gasteiger partial charge < -0.3 is 0 Å².